The molecule has 0 aliphatic carbocycles. The topological polar surface area (TPSA) is 55.5 Å². The maximum Gasteiger partial charge on any atom is 0.260 e. The summed E-state index contributed by atoms with van der Waals surface area (Å²) in [6.07, 6.45) is -2.75. The van der Waals surface area contributed by atoms with Gasteiger partial charge in [0.1, 0.15) is 17.0 Å². The van der Waals surface area contributed by atoms with Crippen LogP contribution in [0.4, 0.5) is 8.78 Å². The molecule has 0 saturated heterocycles. The molecule has 15 heavy (non-hydrogen) atoms. The smallest absolute Gasteiger partial charge is 0.260 e. The lowest BCUT2D eigenvalue weighted by atomic mass is 9.93. The first-order valence-electron chi connectivity index (χ1n) is 4.34. The number of aromatic hydroxyl groups is 1. The lowest BCUT2D eigenvalue weighted by Crippen LogP contribution is -2.40. The zero-order valence-electron chi connectivity index (χ0n) is 8.50. The molecule has 0 fully saturated rings. The third-order valence-electron chi connectivity index (χ3n) is 2.24. The highest BCUT2D eigenvalue weighted by Crippen LogP contribution is 2.34. The molecule has 3 nitrogen and oxygen atoms in total. The minimum atomic E-state index is -2.75. The Morgan fingerprint density at radius 3 is 2.47 bits per heavy atom. The van der Waals surface area contributed by atoms with Gasteiger partial charge in [0, 0.05) is 11.6 Å². The number of benzene rings is 1. The maximum absolute atomic E-state index is 12.6. The molecule has 0 saturated carbocycles. The van der Waals surface area contributed by atoms with E-state index in [1.165, 1.54) is 32.2 Å². The molecule has 1 aromatic carbocycles. The van der Waals surface area contributed by atoms with Gasteiger partial charge in [-0.15, -0.1) is 0 Å². The van der Waals surface area contributed by atoms with Crippen molar-refractivity contribution < 1.29 is 18.6 Å². The van der Waals surface area contributed by atoms with E-state index in [2.05, 4.69) is 0 Å². The Morgan fingerprint density at radius 2 is 2.07 bits per heavy atom. The SMILES string of the molecule is COc1ccc(C(C)(N)C(F)F)c(O)c1. The number of hydrogen-bond acceptors (Lipinski definition) is 3. The van der Waals surface area contributed by atoms with Crippen molar-refractivity contribution in [3.8, 4) is 11.5 Å². The lowest BCUT2D eigenvalue weighted by molar-refractivity contribution is 0.0610. The highest BCUT2D eigenvalue weighted by Gasteiger charge is 2.34. The predicted octanol–water partition coefficient (Wildman–Crippen LogP) is 1.84. The third-order valence-corrected chi connectivity index (χ3v) is 2.24. The number of phenolic OH excluding ortho intramolecular Hbond substituents is 1. The van der Waals surface area contributed by atoms with Crippen LogP contribution in [0.15, 0.2) is 18.2 Å². The molecule has 1 rings (SSSR count). The van der Waals surface area contributed by atoms with Crippen molar-refractivity contribution in [1.29, 1.82) is 0 Å². The van der Waals surface area contributed by atoms with Crippen molar-refractivity contribution in [2.24, 2.45) is 5.73 Å². The Morgan fingerprint density at radius 1 is 1.47 bits per heavy atom. The predicted molar refractivity (Wildman–Crippen MR) is 52.2 cm³/mol. The minimum absolute atomic E-state index is 0.00157. The summed E-state index contributed by atoms with van der Waals surface area (Å²) < 4.78 is 30.0. The maximum atomic E-state index is 12.6. The zero-order chi connectivity index (χ0) is 11.6. The molecule has 1 atom stereocenters. The second kappa shape index (κ2) is 4.02. The van der Waals surface area contributed by atoms with E-state index >= 15 is 0 Å². The van der Waals surface area contributed by atoms with Crippen LogP contribution in [0, 0.1) is 0 Å². The van der Waals surface area contributed by atoms with E-state index in [9.17, 15) is 13.9 Å². The number of methoxy groups -OCH3 is 1. The van der Waals surface area contributed by atoms with Crippen LogP contribution in [0.25, 0.3) is 0 Å². The second-order valence-corrected chi connectivity index (χ2v) is 3.47. The number of alkyl halides is 2. The molecule has 0 bridgehead atoms. The first kappa shape index (κ1) is 11.7. The van der Waals surface area contributed by atoms with Gasteiger partial charge in [-0.1, -0.05) is 0 Å². The molecular weight excluding hydrogens is 204 g/mol. The van der Waals surface area contributed by atoms with Crippen LogP contribution in [0.3, 0.4) is 0 Å². The van der Waals surface area contributed by atoms with E-state index in [0.717, 1.165) is 0 Å². The molecule has 1 unspecified atom stereocenters. The summed E-state index contributed by atoms with van der Waals surface area (Å²) in [5, 5.41) is 9.51. The van der Waals surface area contributed by atoms with Crippen molar-refractivity contribution in [3.05, 3.63) is 23.8 Å². The third kappa shape index (κ3) is 2.18. The molecule has 0 spiro atoms. The number of halogens is 2. The number of phenols is 1. The first-order valence-corrected chi connectivity index (χ1v) is 4.34. The van der Waals surface area contributed by atoms with Gasteiger partial charge >= 0.3 is 0 Å². The summed E-state index contributed by atoms with van der Waals surface area (Å²) in [5.74, 6) is 0.0981. The quantitative estimate of drug-likeness (QED) is 0.812. The first-order chi connectivity index (χ1) is 6.89. The van der Waals surface area contributed by atoms with Crippen LogP contribution >= 0.6 is 0 Å². The van der Waals surface area contributed by atoms with Crippen molar-refractivity contribution in [2.45, 2.75) is 18.9 Å². The minimum Gasteiger partial charge on any atom is -0.507 e. The van der Waals surface area contributed by atoms with Gasteiger partial charge in [-0.25, -0.2) is 8.78 Å². The van der Waals surface area contributed by atoms with E-state index in [1.54, 1.807) is 0 Å². The summed E-state index contributed by atoms with van der Waals surface area (Å²) in [4.78, 5) is 0. The van der Waals surface area contributed by atoms with Crippen molar-refractivity contribution in [2.75, 3.05) is 7.11 Å². The molecule has 3 N–H and O–H groups in total. The molecule has 5 heteroatoms. The van der Waals surface area contributed by atoms with Crippen molar-refractivity contribution >= 4 is 0 Å². The number of hydrogen-bond donors (Lipinski definition) is 2. The molecular formula is C10H13F2NO2. The second-order valence-electron chi connectivity index (χ2n) is 3.47. The van der Waals surface area contributed by atoms with Gasteiger partial charge in [-0.05, 0) is 19.1 Å². The number of rotatable bonds is 3. The molecule has 0 amide bonds. The monoisotopic (exact) mass is 217 g/mol. The number of nitrogens with two attached hydrogens (primary N) is 1. The van der Waals surface area contributed by atoms with Crippen LogP contribution in [0.1, 0.15) is 12.5 Å². The van der Waals surface area contributed by atoms with Crippen molar-refractivity contribution in [3.63, 3.8) is 0 Å². The average Bonchev–Trinajstić information content (AvgIpc) is 2.16. The Labute approximate surface area is 86.5 Å². The van der Waals surface area contributed by atoms with Gasteiger partial charge in [-0.2, -0.15) is 0 Å². The van der Waals surface area contributed by atoms with Crippen LogP contribution < -0.4 is 10.5 Å². The van der Waals surface area contributed by atoms with E-state index in [-0.39, 0.29) is 11.3 Å². The van der Waals surface area contributed by atoms with Crippen LogP contribution in [0.2, 0.25) is 0 Å². The zero-order valence-corrected chi connectivity index (χ0v) is 8.50. The largest absolute Gasteiger partial charge is 0.507 e. The average molecular weight is 217 g/mol. The van der Waals surface area contributed by atoms with Gasteiger partial charge in [-0.3, -0.25) is 0 Å². The van der Waals surface area contributed by atoms with Crippen LogP contribution in [-0.4, -0.2) is 18.6 Å². The normalized spacial score (nSPS) is 15.1. The Bertz CT molecular complexity index is 353. The highest BCUT2D eigenvalue weighted by molar-refractivity contribution is 5.43. The van der Waals surface area contributed by atoms with Gasteiger partial charge in [0.25, 0.3) is 6.43 Å². The van der Waals surface area contributed by atoms with Crippen molar-refractivity contribution in [1.82, 2.24) is 0 Å². The molecule has 0 aromatic heterocycles. The fraction of sp³-hybridized carbons (Fsp3) is 0.400. The number of ether oxygens (including phenoxy) is 1. The molecule has 0 heterocycles. The summed E-state index contributed by atoms with van der Waals surface area (Å²) in [6, 6.07) is 4.06. The fourth-order valence-electron chi connectivity index (χ4n) is 1.21. The summed E-state index contributed by atoms with van der Waals surface area (Å²) >= 11 is 0. The van der Waals surface area contributed by atoms with E-state index in [4.69, 9.17) is 10.5 Å². The lowest BCUT2D eigenvalue weighted by Gasteiger charge is -2.25. The van der Waals surface area contributed by atoms with E-state index < -0.39 is 12.0 Å². The van der Waals surface area contributed by atoms with Gasteiger partial charge < -0.3 is 15.6 Å². The summed E-state index contributed by atoms with van der Waals surface area (Å²) in [5.41, 5.74) is 3.56. The Balaban J connectivity index is 3.16. The standard InChI is InChI=1S/C10H13F2NO2/c1-10(13,9(11)12)7-4-3-6(15-2)5-8(7)14/h3-5,9,14H,13H2,1-2H3. The molecule has 0 aliphatic rings. The molecule has 1 aromatic rings. The molecule has 0 radical (unpaired) electrons. The summed E-state index contributed by atoms with van der Waals surface area (Å²) in [6.45, 7) is 1.17. The van der Waals surface area contributed by atoms with Gasteiger partial charge in [0.15, 0.2) is 0 Å². The molecule has 84 valence electrons. The van der Waals surface area contributed by atoms with E-state index in [1.807, 2.05) is 0 Å². The van der Waals surface area contributed by atoms with Crippen LogP contribution in [0.5, 0.6) is 11.5 Å². The Hall–Kier alpha value is -1.36. The fourth-order valence-corrected chi connectivity index (χ4v) is 1.21. The Kier molecular flexibility index (Phi) is 3.14. The summed E-state index contributed by atoms with van der Waals surface area (Å²) in [7, 11) is 1.42. The molecule has 0 aliphatic heterocycles. The highest BCUT2D eigenvalue weighted by atomic mass is 19.3. The van der Waals surface area contributed by atoms with Gasteiger partial charge in [0.2, 0.25) is 0 Å². The van der Waals surface area contributed by atoms with Crippen LogP contribution in [-0.2, 0) is 5.54 Å². The van der Waals surface area contributed by atoms with Gasteiger partial charge in [0.05, 0.1) is 7.11 Å². The van der Waals surface area contributed by atoms with E-state index in [0.29, 0.717) is 5.75 Å².